The van der Waals surface area contributed by atoms with Crippen LogP contribution in [0.3, 0.4) is 0 Å². The lowest BCUT2D eigenvalue weighted by Gasteiger charge is -2.15. The molecule has 0 amide bonds. The van der Waals surface area contributed by atoms with E-state index in [9.17, 15) is 0 Å². The minimum absolute atomic E-state index is 0.662. The SMILES string of the molecule is CCC(CCCCCCCc1ccccc1)C1=CNN(N)S1. The Balaban J connectivity index is 1.51. The van der Waals surface area contributed by atoms with E-state index in [2.05, 4.69) is 48.9 Å². The summed E-state index contributed by atoms with van der Waals surface area (Å²) in [7, 11) is 0. The van der Waals surface area contributed by atoms with Gasteiger partial charge >= 0.3 is 0 Å². The van der Waals surface area contributed by atoms with Gasteiger partial charge in [0.25, 0.3) is 0 Å². The number of hydrazine groups is 2. The number of nitrogens with two attached hydrogens (primary N) is 1. The molecule has 1 aliphatic rings. The van der Waals surface area contributed by atoms with Crippen molar-refractivity contribution in [2.24, 2.45) is 11.8 Å². The van der Waals surface area contributed by atoms with E-state index in [4.69, 9.17) is 5.84 Å². The fourth-order valence-electron chi connectivity index (χ4n) is 2.93. The lowest BCUT2D eigenvalue weighted by atomic mass is 9.97. The first-order chi connectivity index (χ1) is 10.8. The molecule has 0 radical (unpaired) electrons. The van der Waals surface area contributed by atoms with E-state index < -0.39 is 0 Å². The summed E-state index contributed by atoms with van der Waals surface area (Å²) < 4.78 is 1.58. The average Bonchev–Trinajstić information content (AvgIpc) is 2.97. The van der Waals surface area contributed by atoms with Crippen LogP contribution in [0.2, 0.25) is 0 Å². The van der Waals surface area contributed by atoms with Gasteiger partial charge in [-0.15, -0.1) is 0 Å². The van der Waals surface area contributed by atoms with Gasteiger partial charge in [0, 0.05) is 11.1 Å². The van der Waals surface area contributed by atoms with Crippen LogP contribution in [-0.4, -0.2) is 4.52 Å². The van der Waals surface area contributed by atoms with Crippen molar-refractivity contribution in [1.82, 2.24) is 9.95 Å². The normalized spacial score (nSPS) is 16.4. The Hall–Kier alpha value is -0.970. The fourth-order valence-corrected chi connectivity index (χ4v) is 3.80. The number of nitrogens with one attached hydrogen (secondary N) is 1. The minimum atomic E-state index is 0.662. The van der Waals surface area contributed by atoms with Crippen LogP contribution in [0, 0.1) is 5.92 Å². The number of rotatable bonds is 10. The second-order valence-corrected chi connectivity index (χ2v) is 7.04. The molecule has 0 bridgehead atoms. The van der Waals surface area contributed by atoms with E-state index in [1.165, 1.54) is 61.8 Å². The van der Waals surface area contributed by atoms with Crippen molar-refractivity contribution in [2.45, 2.75) is 58.3 Å². The molecule has 2 rings (SSSR count). The Morgan fingerprint density at radius 2 is 1.82 bits per heavy atom. The van der Waals surface area contributed by atoms with Gasteiger partial charge in [0.2, 0.25) is 0 Å². The molecular formula is C18H29N3S. The van der Waals surface area contributed by atoms with Gasteiger partial charge in [0.05, 0.1) is 0 Å². The highest BCUT2D eigenvalue weighted by Gasteiger charge is 2.19. The molecule has 0 aliphatic carbocycles. The first kappa shape index (κ1) is 17.4. The van der Waals surface area contributed by atoms with E-state index in [1.54, 1.807) is 16.5 Å². The van der Waals surface area contributed by atoms with E-state index in [0.717, 1.165) is 0 Å². The summed E-state index contributed by atoms with van der Waals surface area (Å²) in [4.78, 5) is 1.38. The molecule has 0 fully saturated rings. The third-order valence-corrected chi connectivity index (χ3v) is 5.26. The summed E-state index contributed by atoms with van der Waals surface area (Å²) in [5.74, 6) is 6.37. The van der Waals surface area contributed by atoms with E-state index in [1.807, 2.05) is 0 Å². The molecule has 3 nitrogen and oxygen atoms in total. The summed E-state index contributed by atoms with van der Waals surface area (Å²) in [6.45, 7) is 2.27. The quantitative estimate of drug-likeness (QED) is 0.370. The number of allylic oxidation sites excluding steroid dienone is 1. The molecule has 4 heteroatoms. The van der Waals surface area contributed by atoms with Gasteiger partial charge in [-0.3, -0.25) is 0 Å². The predicted molar refractivity (Wildman–Crippen MR) is 96.5 cm³/mol. The third-order valence-electron chi connectivity index (χ3n) is 4.29. The van der Waals surface area contributed by atoms with Crippen molar-refractivity contribution in [2.75, 3.05) is 0 Å². The maximum atomic E-state index is 5.71. The maximum Gasteiger partial charge on any atom is 0.0263 e. The zero-order valence-corrected chi connectivity index (χ0v) is 14.4. The fraction of sp³-hybridized carbons (Fsp3) is 0.556. The summed E-state index contributed by atoms with van der Waals surface area (Å²) in [6, 6.07) is 10.8. The van der Waals surface area contributed by atoms with Crippen LogP contribution in [0.5, 0.6) is 0 Å². The second kappa shape index (κ2) is 9.93. The second-order valence-electron chi connectivity index (χ2n) is 5.99. The Bertz CT molecular complexity index is 447. The number of hydrogen-bond donors (Lipinski definition) is 2. The molecule has 0 saturated carbocycles. The number of nitrogens with zero attached hydrogens (tertiary/aromatic N) is 1. The van der Waals surface area contributed by atoms with Crippen LogP contribution in [-0.2, 0) is 6.42 Å². The van der Waals surface area contributed by atoms with Gasteiger partial charge in [-0.25, -0.2) is 5.84 Å². The molecular weight excluding hydrogens is 290 g/mol. The molecule has 1 aliphatic heterocycles. The van der Waals surface area contributed by atoms with Gasteiger partial charge in [-0.1, -0.05) is 67.5 Å². The van der Waals surface area contributed by atoms with Crippen molar-refractivity contribution in [3.05, 3.63) is 47.0 Å². The summed E-state index contributed by atoms with van der Waals surface area (Å²) in [5, 5.41) is 0. The Labute approximate surface area is 139 Å². The summed E-state index contributed by atoms with van der Waals surface area (Å²) >= 11 is 1.63. The molecule has 122 valence electrons. The number of hydrogen-bond acceptors (Lipinski definition) is 4. The van der Waals surface area contributed by atoms with Crippen LogP contribution < -0.4 is 11.3 Å². The number of unbranched alkanes of at least 4 members (excludes halogenated alkanes) is 4. The molecule has 1 aromatic carbocycles. The Kier molecular flexibility index (Phi) is 7.85. The monoisotopic (exact) mass is 319 g/mol. The molecule has 0 aromatic heterocycles. The predicted octanol–water partition coefficient (Wildman–Crippen LogP) is 4.78. The van der Waals surface area contributed by atoms with E-state index in [0.29, 0.717) is 5.92 Å². The largest absolute Gasteiger partial charge is 0.302 e. The molecule has 22 heavy (non-hydrogen) atoms. The molecule has 1 unspecified atom stereocenters. The first-order valence-corrected chi connectivity index (χ1v) is 9.30. The Morgan fingerprint density at radius 3 is 2.50 bits per heavy atom. The highest BCUT2D eigenvalue weighted by Crippen LogP contribution is 2.33. The molecule has 3 N–H and O–H groups in total. The van der Waals surface area contributed by atoms with Gasteiger partial charge in [-0.2, -0.15) is 0 Å². The van der Waals surface area contributed by atoms with Crippen LogP contribution in [0.4, 0.5) is 0 Å². The Morgan fingerprint density at radius 1 is 1.09 bits per heavy atom. The summed E-state index contributed by atoms with van der Waals surface area (Å²) in [5.41, 5.74) is 4.50. The number of benzene rings is 1. The van der Waals surface area contributed by atoms with Crippen molar-refractivity contribution < 1.29 is 0 Å². The summed E-state index contributed by atoms with van der Waals surface area (Å²) in [6.07, 6.45) is 12.5. The zero-order valence-electron chi connectivity index (χ0n) is 13.6. The first-order valence-electron chi connectivity index (χ1n) is 8.52. The zero-order chi connectivity index (χ0) is 15.6. The van der Waals surface area contributed by atoms with Gasteiger partial charge in [-0.05, 0) is 49.1 Å². The van der Waals surface area contributed by atoms with Crippen LogP contribution >= 0.6 is 11.9 Å². The van der Waals surface area contributed by atoms with E-state index >= 15 is 0 Å². The topological polar surface area (TPSA) is 41.3 Å². The molecule has 1 aromatic rings. The van der Waals surface area contributed by atoms with Gasteiger partial charge < -0.3 is 5.43 Å². The molecule has 0 saturated heterocycles. The lowest BCUT2D eigenvalue weighted by Crippen LogP contribution is -2.30. The average molecular weight is 320 g/mol. The third kappa shape index (κ3) is 6.03. The maximum absolute atomic E-state index is 5.71. The highest BCUT2D eigenvalue weighted by atomic mass is 32.2. The van der Waals surface area contributed by atoms with Crippen molar-refractivity contribution >= 4 is 11.9 Å². The smallest absolute Gasteiger partial charge is 0.0263 e. The van der Waals surface area contributed by atoms with Gasteiger partial charge in [0.1, 0.15) is 0 Å². The molecule has 1 atom stereocenters. The standard InChI is InChI=1S/C18H29N3S/c1-2-17(18-15-20-21(19)22-18)14-10-5-3-4-7-11-16-12-8-6-9-13-16/h6,8-9,12-13,15,17,20H,2-5,7,10-11,14,19H2,1H3. The van der Waals surface area contributed by atoms with E-state index in [-0.39, 0.29) is 0 Å². The van der Waals surface area contributed by atoms with Crippen LogP contribution in [0.1, 0.15) is 57.4 Å². The molecule has 1 heterocycles. The van der Waals surface area contributed by atoms with Crippen molar-refractivity contribution in [3.63, 3.8) is 0 Å². The lowest BCUT2D eigenvalue weighted by molar-refractivity contribution is 0.440. The molecule has 0 spiro atoms. The van der Waals surface area contributed by atoms with Crippen molar-refractivity contribution in [1.29, 1.82) is 0 Å². The van der Waals surface area contributed by atoms with Crippen molar-refractivity contribution in [3.8, 4) is 0 Å². The van der Waals surface area contributed by atoms with Crippen LogP contribution in [0.25, 0.3) is 0 Å². The highest BCUT2D eigenvalue weighted by molar-refractivity contribution is 8.00. The number of aryl methyl sites for hydroxylation is 1. The van der Waals surface area contributed by atoms with Gasteiger partial charge in [0.15, 0.2) is 0 Å². The minimum Gasteiger partial charge on any atom is -0.302 e. The van der Waals surface area contributed by atoms with Crippen LogP contribution in [0.15, 0.2) is 41.4 Å².